The predicted molar refractivity (Wildman–Crippen MR) is 77.1 cm³/mol. The molecule has 2 nitrogen and oxygen atoms in total. The van der Waals surface area contributed by atoms with Gasteiger partial charge >= 0.3 is 0 Å². The zero-order chi connectivity index (χ0) is 13.5. The highest BCUT2D eigenvalue weighted by Crippen LogP contribution is 2.20. The van der Waals surface area contributed by atoms with E-state index in [2.05, 4.69) is 5.32 Å². The Balaban J connectivity index is 1.59. The van der Waals surface area contributed by atoms with E-state index in [1.807, 2.05) is 12.1 Å². The van der Waals surface area contributed by atoms with Crippen LogP contribution >= 0.6 is 22.9 Å². The second-order valence-corrected chi connectivity index (χ2v) is 5.83. The fourth-order valence-corrected chi connectivity index (χ4v) is 2.66. The monoisotopic (exact) mass is 299 g/mol. The molecule has 1 heterocycles. The minimum atomic E-state index is -0.219. The first-order valence-electron chi connectivity index (χ1n) is 6.02. The largest absolute Gasteiger partial charge is 0.375 e. The summed E-state index contributed by atoms with van der Waals surface area (Å²) < 4.78 is 19.5. The standard InChI is InChI=1S/C14H15ClFNOS/c15-14-6-5-12(19-14)9-17-7-8-18-10-11-3-1-2-4-13(11)16/h1-6,17H,7-10H2. The van der Waals surface area contributed by atoms with Crippen molar-refractivity contribution in [3.05, 3.63) is 57.0 Å². The molecule has 0 fully saturated rings. The normalized spacial score (nSPS) is 10.8. The summed E-state index contributed by atoms with van der Waals surface area (Å²) in [7, 11) is 0. The second-order valence-electron chi connectivity index (χ2n) is 4.03. The van der Waals surface area contributed by atoms with E-state index < -0.39 is 0 Å². The van der Waals surface area contributed by atoms with Crippen LogP contribution in [-0.4, -0.2) is 13.2 Å². The third kappa shape index (κ3) is 4.91. The van der Waals surface area contributed by atoms with Gasteiger partial charge in [-0.05, 0) is 18.2 Å². The third-order valence-corrected chi connectivity index (χ3v) is 3.80. The van der Waals surface area contributed by atoms with Crippen LogP contribution in [0.3, 0.4) is 0 Å². The lowest BCUT2D eigenvalue weighted by atomic mass is 10.2. The molecule has 0 aliphatic carbocycles. The Hall–Kier alpha value is -0.940. The van der Waals surface area contributed by atoms with Crippen LogP contribution in [0.2, 0.25) is 4.34 Å². The van der Waals surface area contributed by atoms with Gasteiger partial charge in [-0.3, -0.25) is 0 Å². The first-order valence-corrected chi connectivity index (χ1v) is 7.21. The number of hydrogen-bond donors (Lipinski definition) is 1. The Morgan fingerprint density at radius 1 is 1.21 bits per heavy atom. The summed E-state index contributed by atoms with van der Waals surface area (Å²) >= 11 is 7.40. The Kier molecular flexibility index (Phi) is 5.79. The molecule has 1 aromatic carbocycles. The van der Waals surface area contributed by atoms with Crippen molar-refractivity contribution in [1.82, 2.24) is 5.32 Å². The molecule has 2 rings (SSSR count). The van der Waals surface area contributed by atoms with E-state index in [0.717, 1.165) is 17.4 Å². The number of halogens is 2. The molecule has 0 amide bonds. The van der Waals surface area contributed by atoms with Crippen LogP contribution < -0.4 is 5.32 Å². The molecular weight excluding hydrogens is 285 g/mol. The minimum absolute atomic E-state index is 0.219. The zero-order valence-corrected chi connectivity index (χ0v) is 11.9. The number of benzene rings is 1. The number of hydrogen-bond acceptors (Lipinski definition) is 3. The van der Waals surface area contributed by atoms with E-state index in [1.165, 1.54) is 10.9 Å². The summed E-state index contributed by atoms with van der Waals surface area (Å²) in [5.74, 6) is -0.219. The lowest BCUT2D eigenvalue weighted by Gasteiger charge is -2.06. The van der Waals surface area contributed by atoms with Gasteiger partial charge in [-0.15, -0.1) is 11.3 Å². The summed E-state index contributed by atoms with van der Waals surface area (Å²) in [5, 5.41) is 3.25. The van der Waals surface area contributed by atoms with Gasteiger partial charge in [0.05, 0.1) is 17.6 Å². The predicted octanol–water partition coefficient (Wildman–Crippen LogP) is 3.85. The maximum atomic E-state index is 13.3. The van der Waals surface area contributed by atoms with Gasteiger partial charge in [0.25, 0.3) is 0 Å². The van der Waals surface area contributed by atoms with Crippen molar-refractivity contribution in [3.8, 4) is 0 Å². The summed E-state index contributed by atoms with van der Waals surface area (Å²) in [5.41, 5.74) is 0.590. The SMILES string of the molecule is Fc1ccccc1COCCNCc1ccc(Cl)s1. The minimum Gasteiger partial charge on any atom is -0.375 e. The fourth-order valence-electron chi connectivity index (χ4n) is 1.60. The highest BCUT2D eigenvalue weighted by atomic mass is 35.5. The number of nitrogens with one attached hydrogen (secondary N) is 1. The van der Waals surface area contributed by atoms with Crippen LogP contribution in [-0.2, 0) is 17.9 Å². The topological polar surface area (TPSA) is 21.3 Å². The molecule has 0 saturated heterocycles. The van der Waals surface area contributed by atoms with Crippen molar-refractivity contribution in [1.29, 1.82) is 0 Å². The van der Waals surface area contributed by atoms with Gasteiger partial charge in [0.15, 0.2) is 0 Å². The summed E-state index contributed by atoms with van der Waals surface area (Å²) in [6.07, 6.45) is 0. The van der Waals surface area contributed by atoms with Gasteiger partial charge in [0.2, 0.25) is 0 Å². The molecular formula is C14H15ClFNOS. The lowest BCUT2D eigenvalue weighted by Crippen LogP contribution is -2.18. The molecule has 0 radical (unpaired) electrons. The molecule has 0 unspecified atom stereocenters. The van der Waals surface area contributed by atoms with E-state index in [4.69, 9.17) is 16.3 Å². The zero-order valence-electron chi connectivity index (χ0n) is 10.4. The van der Waals surface area contributed by atoms with E-state index in [9.17, 15) is 4.39 Å². The summed E-state index contributed by atoms with van der Waals surface area (Å²) in [6, 6.07) is 10.5. The quantitative estimate of drug-likeness (QED) is 0.784. The second kappa shape index (κ2) is 7.60. The van der Waals surface area contributed by atoms with Crippen LogP contribution in [0, 0.1) is 5.82 Å². The average Bonchev–Trinajstić information content (AvgIpc) is 2.81. The van der Waals surface area contributed by atoms with Gasteiger partial charge in [-0.25, -0.2) is 4.39 Å². The number of rotatable bonds is 7. The molecule has 1 N–H and O–H groups in total. The van der Waals surface area contributed by atoms with E-state index in [1.54, 1.807) is 29.5 Å². The fraction of sp³-hybridized carbons (Fsp3) is 0.286. The van der Waals surface area contributed by atoms with Crippen LogP contribution in [0.25, 0.3) is 0 Å². The van der Waals surface area contributed by atoms with Crippen molar-refractivity contribution in [2.24, 2.45) is 0 Å². The molecule has 0 bridgehead atoms. The molecule has 19 heavy (non-hydrogen) atoms. The summed E-state index contributed by atoms with van der Waals surface area (Å²) in [6.45, 7) is 2.36. The van der Waals surface area contributed by atoms with Gasteiger partial charge in [-0.2, -0.15) is 0 Å². The lowest BCUT2D eigenvalue weighted by molar-refractivity contribution is 0.120. The van der Waals surface area contributed by atoms with Crippen molar-refractivity contribution < 1.29 is 9.13 Å². The van der Waals surface area contributed by atoms with Gasteiger partial charge in [0.1, 0.15) is 5.82 Å². The molecule has 1 aromatic heterocycles. The summed E-state index contributed by atoms with van der Waals surface area (Å²) in [4.78, 5) is 1.19. The molecule has 0 saturated carbocycles. The first-order chi connectivity index (χ1) is 9.25. The smallest absolute Gasteiger partial charge is 0.128 e. The Morgan fingerprint density at radius 3 is 2.79 bits per heavy atom. The molecule has 2 aromatic rings. The Labute approximate surface area is 121 Å². The number of thiophene rings is 1. The van der Waals surface area contributed by atoms with E-state index in [-0.39, 0.29) is 5.82 Å². The maximum absolute atomic E-state index is 13.3. The Bertz CT molecular complexity index is 518. The first kappa shape index (κ1) is 14.5. The molecule has 0 spiro atoms. The Morgan fingerprint density at radius 2 is 2.05 bits per heavy atom. The molecule has 0 atom stereocenters. The average molecular weight is 300 g/mol. The third-order valence-electron chi connectivity index (χ3n) is 2.57. The van der Waals surface area contributed by atoms with Crippen LogP contribution in [0.15, 0.2) is 36.4 Å². The maximum Gasteiger partial charge on any atom is 0.128 e. The van der Waals surface area contributed by atoms with Gasteiger partial charge < -0.3 is 10.1 Å². The molecule has 0 aliphatic heterocycles. The van der Waals surface area contributed by atoms with Gasteiger partial charge in [-0.1, -0.05) is 29.8 Å². The van der Waals surface area contributed by atoms with E-state index >= 15 is 0 Å². The van der Waals surface area contributed by atoms with Crippen LogP contribution in [0.4, 0.5) is 4.39 Å². The highest BCUT2D eigenvalue weighted by molar-refractivity contribution is 7.16. The number of ether oxygens (including phenoxy) is 1. The van der Waals surface area contributed by atoms with E-state index in [0.29, 0.717) is 18.8 Å². The van der Waals surface area contributed by atoms with Gasteiger partial charge in [0, 0.05) is 23.5 Å². The van der Waals surface area contributed by atoms with Crippen molar-refractivity contribution >= 4 is 22.9 Å². The highest BCUT2D eigenvalue weighted by Gasteiger charge is 2.00. The van der Waals surface area contributed by atoms with Crippen molar-refractivity contribution in [2.45, 2.75) is 13.2 Å². The molecule has 5 heteroatoms. The van der Waals surface area contributed by atoms with Crippen molar-refractivity contribution in [2.75, 3.05) is 13.2 Å². The van der Waals surface area contributed by atoms with Crippen LogP contribution in [0.1, 0.15) is 10.4 Å². The molecule has 102 valence electrons. The van der Waals surface area contributed by atoms with Crippen molar-refractivity contribution in [3.63, 3.8) is 0 Å². The molecule has 0 aliphatic rings. The van der Waals surface area contributed by atoms with Crippen LogP contribution in [0.5, 0.6) is 0 Å².